The second-order valence-corrected chi connectivity index (χ2v) is 7.35. The highest BCUT2D eigenvalue weighted by Crippen LogP contribution is 2.18. The Morgan fingerprint density at radius 3 is 3.04 bits per heavy atom. The first-order valence-corrected chi connectivity index (χ1v) is 9.32. The maximum absolute atomic E-state index is 5.53. The Balaban J connectivity index is 1.35. The van der Waals surface area contributed by atoms with Crippen molar-refractivity contribution in [2.75, 3.05) is 39.9 Å². The van der Waals surface area contributed by atoms with Gasteiger partial charge in [-0.25, -0.2) is 4.98 Å². The van der Waals surface area contributed by atoms with E-state index in [-0.39, 0.29) is 0 Å². The molecule has 0 unspecified atom stereocenters. The first-order chi connectivity index (χ1) is 12.3. The Morgan fingerprint density at radius 1 is 1.28 bits per heavy atom. The number of hydrogen-bond acceptors (Lipinski definition) is 5. The Kier molecular flexibility index (Phi) is 5.20. The van der Waals surface area contributed by atoms with E-state index in [1.54, 1.807) is 6.26 Å². The number of furan rings is 1. The van der Waals surface area contributed by atoms with Gasteiger partial charge in [-0.2, -0.15) is 0 Å². The molecule has 2 aliphatic rings. The van der Waals surface area contributed by atoms with E-state index >= 15 is 0 Å². The molecule has 0 spiro atoms. The summed E-state index contributed by atoms with van der Waals surface area (Å²) in [5, 5.41) is 0. The molecule has 25 heavy (non-hydrogen) atoms. The Morgan fingerprint density at radius 2 is 2.24 bits per heavy atom. The van der Waals surface area contributed by atoms with E-state index in [2.05, 4.69) is 27.6 Å². The molecule has 4 rings (SSSR count). The molecule has 6 heteroatoms. The van der Waals surface area contributed by atoms with Crippen molar-refractivity contribution in [3.63, 3.8) is 0 Å². The Bertz CT molecular complexity index is 661. The maximum atomic E-state index is 5.53. The molecule has 2 aromatic rings. The smallest absolute Gasteiger partial charge is 0.117 e. The average Bonchev–Trinajstić information content (AvgIpc) is 3.32. The van der Waals surface area contributed by atoms with Crippen molar-refractivity contribution in [1.82, 2.24) is 19.4 Å². The summed E-state index contributed by atoms with van der Waals surface area (Å²) in [5.41, 5.74) is 1.30. The number of nitrogens with zero attached hydrogens (tertiary/aromatic N) is 4. The van der Waals surface area contributed by atoms with Crippen LogP contribution in [0.25, 0.3) is 0 Å². The number of rotatable bonds is 6. The average molecular weight is 344 g/mol. The van der Waals surface area contributed by atoms with Gasteiger partial charge in [0.25, 0.3) is 0 Å². The van der Waals surface area contributed by atoms with E-state index in [4.69, 9.17) is 14.1 Å². The van der Waals surface area contributed by atoms with Gasteiger partial charge in [-0.3, -0.25) is 4.90 Å². The summed E-state index contributed by atoms with van der Waals surface area (Å²) < 4.78 is 13.4. The summed E-state index contributed by atoms with van der Waals surface area (Å²) in [5.74, 6) is 2.94. The van der Waals surface area contributed by atoms with Gasteiger partial charge in [0, 0.05) is 51.9 Å². The molecule has 4 heterocycles. The molecular formula is C19H28N4O2. The predicted octanol–water partition coefficient (Wildman–Crippen LogP) is 2.00. The van der Waals surface area contributed by atoms with Crippen molar-refractivity contribution >= 4 is 0 Å². The van der Waals surface area contributed by atoms with Crippen molar-refractivity contribution in [1.29, 1.82) is 0 Å². The largest absolute Gasteiger partial charge is 0.468 e. The molecule has 0 radical (unpaired) electrons. The zero-order valence-corrected chi connectivity index (χ0v) is 15.1. The summed E-state index contributed by atoms with van der Waals surface area (Å²) in [4.78, 5) is 9.56. The van der Waals surface area contributed by atoms with Crippen molar-refractivity contribution in [2.24, 2.45) is 5.92 Å². The molecule has 0 N–H and O–H groups in total. The lowest BCUT2D eigenvalue weighted by Crippen LogP contribution is -2.32. The number of hydrogen-bond donors (Lipinski definition) is 0. The van der Waals surface area contributed by atoms with Crippen LogP contribution in [0.2, 0.25) is 0 Å². The van der Waals surface area contributed by atoms with Gasteiger partial charge in [0.1, 0.15) is 11.6 Å². The predicted molar refractivity (Wildman–Crippen MR) is 95.2 cm³/mol. The van der Waals surface area contributed by atoms with E-state index in [9.17, 15) is 0 Å². The minimum atomic E-state index is 0.712. The maximum Gasteiger partial charge on any atom is 0.117 e. The molecule has 2 aliphatic heterocycles. The van der Waals surface area contributed by atoms with Crippen LogP contribution in [-0.2, 0) is 30.8 Å². The third-order valence-corrected chi connectivity index (χ3v) is 5.29. The minimum Gasteiger partial charge on any atom is -0.468 e. The molecule has 0 amide bonds. The third kappa shape index (κ3) is 4.14. The van der Waals surface area contributed by atoms with Crippen LogP contribution in [0.3, 0.4) is 0 Å². The summed E-state index contributed by atoms with van der Waals surface area (Å²) in [6.45, 7) is 8.00. The van der Waals surface area contributed by atoms with Crippen molar-refractivity contribution in [3.8, 4) is 0 Å². The molecule has 1 saturated heterocycles. The molecule has 1 fully saturated rings. The number of aromatic nitrogens is 2. The fourth-order valence-corrected chi connectivity index (χ4v) is 3.94. The van der Waals surface area contributed by atoms with Crippen LogP contribution in [0.15, 0.2) is 29.0 Å². The van der Waals surface area contributed by atoms with Gasteiger partial charge in [-0.05, 0) is 31.5 Å². The van der Waals surface area contributed by atoms with E-state index in [1.807, 2.05) is 12.1 Å². The molecule has 2 aromatic heterocycles. The van der Waals surface area contributed by atoms with Crippen LogP contribution >= 0.6 is 0 Å². The van der Waals surface area contributed by atoms with Crippen LogP contribution in [0.4, 0.5) is 0 Å². The minimum absolute atomic E-state index is 0.712. The second kappa shape index (κ2) is 7.72. The number of ether oxygens (including phenoxy) is 1. The van der Waals surface area contributed by atoms with Gasteiger partial charge in [-0.1, -0.05) is 0 Å². The molecule has 0 aliphatic carbocycles. The van der Waals surface area contributed by atoms with Crippen molar-refractivity contribution < 1.29 is 9.15 Å². The van der Waals surface area contributed by atoms with Gasteiger partial charge in [0.2, 0.25) is 0 Å². The highest BCUT2D eigenvalue weighted by molar-refractivity contribution is 5.08. The SMILES string of the molecule is CN(Cc1ccco1)Cc1cnc2n1CCN(C[C@H]1CCOC1)CC2. The second-order valence-electron chi connectivity index (χ2n) is 7.35. The number of fused-ring (bicyclic) bond motifs is 1. The van der Waals surface area contributed by atoms with Crippen LogP contribution < -0.4 is 0 Å². The third-order valence-electron chi connectivity index (χ3n) is 5.29. The Hall–Kier alpha value is -1.63. The van der Waals surface area contributed by atoms with E-state index < -0.39 is 0 Å². The fraction of sp³-hybridized carbons (Fsp3) is 0.632. The molecule has 1 atom stereocenters. The lowest BCUT2D eigenvalue weighted by atomic mass is 10.1. The molecule has 0 bridgehead atoms. The Labute approximate surface area is 149 Å². The summed E-state index contributed by atoms with van der Waals surface area (Å²) in [6.07, 6.45) is 6.03. The van der Waals surface area contributed by atoms with Crippen LogP contribution in [0.5, 0.6) is 0 Å². The van der Waals surface area contributed by atoms with Crippen LogP contribution in [-0.4, -0.2) is 59.2 Å². The van der Waals surface area contributed by atoms with E-state index in [0.717, 1.165) is 58.1 Å². The van der Waals surface area contributed by atoms with Crippen molar-refractivity contribution in [2.45, 2.75) is 32.5 Å². The zero-order valence-electron chi connectivity index (χ0n) is 15.1. The highest BCUT2D eigenvalue weighted by atomic mass is 16.5. The topological polar surface area (TPSA) is 46.7 Å². The molecule has 6 nitrogen and oxygen atoms in total. The summed E-state index contributed by atoms with van der Waals surface area (Å²) in [6, 6.07) is 3.97. The van der Waals surface area contributed by atoms with Crippen molar-refractivity contribution in [3.05, 3.63) is 41.9 Å². The fourth-order valence-electron chi connectivity index (χ4n) is 3.94. The van der Waals surface area contributed by atoms with Crippen LogP contribution in [0.1, 0.15) is 23.7 Å². The molecule has 0 saturated carbocycles. The monoisotopic (exact) mass is 344 g/mol. The molecular weight excluding hydrogens is 316 g/mol. The quantitative estimate of drug-likeness (QED) is 0.802. The summed E-state index contributed by atoms with van der Waals surface area (Å²) >= 11 is 0. The lowest BCUT2D eigenvalue weighted by molar-refractivity contribution is 0.167. The van der Waals surface area contributed by atoms with Crippen LogP contribution in [0, 0.1) is 5.92 Å². The van der Waals surface area contributed by atoms with E-state index in [0.29, 0.717) is 5.92 Å². The zero-order chi connectivity index (χ0) is 17.1. The van der Waals surface area contributed by atoms with Gasteiger partial charge in [0.05, 0.1) is 25.1 Å². The van der Waals surface area contributed by atoms with Gasteiger partial charge >= 0.3 is 0 Å². The van der Waals surface area contributed by atoms with Gasteiger partial charge in [-0.15, -0.1) is 0 Å². The van der Waals surface area contributed by atoms with Gasteiger partial charge in [0.15, 0.2) is 0 Å². The normalized spacial score (nSPS) is 21.6. The molecule has 136 valence electrons. The summed E-state index contributed by atoms with van der Waals surface area (Å²) in [7, 11) is 2.13. The first-order valence-electron chi connectivity index (χ1n) is 9.32. The lowest BCUT2D eigenvalue weighted by Gasteiger charge is -2.23. The van der Waals surface area contributed by atoms with Gasteiger partial charge < -0.3 is 18.6 Å². The molecule has 0 aromatic carbocycles. The number of imidazole rings is 1. The first kappa shape index (κ1) is 16.8. The standard InChI is InChI=1S/C19H28N4O2/c1-21(14-18-3-2-9-25-18)13-17-11-20-19-4-6-22(7-8-23(17)19)12-16-5-10-24-15-16/h2-3,9,11,16H,4-8,10,12-15H2,1H3/t16-/m1/s1. The van der Waals surface area contributed by atoms with E-state index in [1.165, 1.54) is 24.5 Å². The highest BCUT2D eigenvalue weighted by Gasteiger charge is 2.22.